The van der Waals surface area contributed by atoms with Gasteiger partial charge in [-0.1, -0.05) is 38.0 Å². The molecule has 4 nitrogen and oxygen atoms in total. The SMILES string of the molecule is CCCCCN(CCC(=O)O)C(=O)c1ccccc1C. The summed E-state index contributed by atoms with van der Waals surface area (Å²) in [6.45, 7) is 4.89. The second kappa shape index (κ2) is 8.35. The molecule has 0 aromatic heterocycles. The van der Waals surface area contributed by atoms with E-state index < -0.39 is 5.97 Å². The normalized spacial score (nSPS) is 10.3. The van der Waals surface area contributed by atoms with E-state index in [0.29, 0.717) is 12.1 Å². The maximum absolute atomic E-state index is 12.5. The lowest BCUT2D eigenvalue weighted by Crippen LogP contribution is -2.34. The van der Waals surface area contributed by atoms with Gasteiger partial charge in [-0.2, -0.15) is 0 Å². The lowest BCUT2D eigenvalue weighted by Gasteiger charge is -2.23. The standard InChI is InChI=1S/C16H23NO3/c1-3-4-7-11-17(12-10-15(18)19)16(20)14-9-6-5-8-13(14)2/h5-6,8-9H,3-4,7,10-12H2,1-2H3,(H,18,19). The van der Waals surface area contributed by atoms with Crippen molar-refractivity contribution >= 4 is 11.9 Å². The van der Waals surface area contributed by atoms with Crippen LogP contribution in [0.2, 0.25) is 0 Å². The van der Waals surface area contributed by atoms with Gasteiger partial charge in [-0.05, 0) is 25.0 Å². The lowest BCUT2D eigenvalue weighted by molar-refractivity contribution is -0.137. The van der Waals surface area contributed by atoms with E-state index >= 15 is 0 Å². The largest absolute Gasteiger partial charge is 0.481 e. The fourth-order valence-electron chi connectivity index (χ4n) is 2.08. The molecular formula is C16H23NO3. The minimum absolute atomic E-state index is 0.0102. The summed E-state index contributed by atoms with van der Waals surface area (Å²) in [5.74, 6) is -0.941. The third-order valence-corrected chi connectivity index (χ3v) is 3.29. The molecule has 0 heterocycles. The third-order valence-electron chi connectivity index (χ3n) is 3.29. The van der Waals surface area contributed by atoms with E-state index in [4.69, 9.17) is 5.11 Å². The van der Waals surface area contributed by atoms with E-state index in [1.165, 1.54) is 0 Å². The summed E-state index contributed by atoms with van der Waals surface area (Å²) in [5, 5.41) is 8.80. The van der Waals surface area contributed by atoms with Crippen molar-refractivity contribution in [3.8, 4) is 0 Å². The number of benzene rings is 1. The molecule has 0 aliphatic heterocycles. The van der Waals surface area contributed by atoms with Crippen molar-refractivity contribution in [2.75, 3.05) is 13.1 Å². The number of carbonyl (C=O) groups excluding carboxylic acids is 1. The molecule has 1 N–H and O–H groups in total. The molecule has 20 heavy (non-hydrogen) atoms. The van der Waals surface area contributed by atoms with Crippen LogP contribution < -0.4 is 0 Å². The lowest BCUT2D eigenvalue weighted by atomic mass is 10.1. The van der Waals surface area contributed by atoms with E-state index in [0.717, 1.165) is 24.8 Å². The first-order chi connectivity index (χ1) is 9.56. The molecule has 1 rings (SSSR count). The average molecular weight is 277 g/mol. The van der Waals surface area contributed by atoms with Crippen molar-refractivity contribution in [1.29, 1.82) is 0 Å². The van der Waals surface area contributed by atoms with Crippen molar-refractivity contribution in [2.24, 2.45) is 0 Å². The summed E-state index contributed by atoms with van der Waals surface area (Å²) < 4.78 is 0. The van der Waals surface area contributed by atoms with Gasteiger partial charge in [-0.3, -0.25) is 9.59 Å². The minimum Gasteiger partial charge on any atom is -0.481 e. The Bertz CT molecular complexity index is 457. The molecule has 1 amide bonds. The van der Waals surface area contributed by atoms with Gasteiger partial charge in [-0.25, -0.2) is 0 Å². The van der Waals surface area contributed by atoms with Crippen molar-refractivity contribution < 1.29 is 14.7 Å². The van der Waals surface area contributed by atoms with E-state index in [9.17, 15) is 9.59 Å². The number of carboxylic acids is 1. The van der Waals surface area contributed by atoms with Crippen LogP contribution in [-0.4, -0.2) is 35.0 Å². The van der Waals surface area contributed by atoms with Crippen LogP contribution in [0, 0.1) is 6.92 Å². The van der Waals surface area contributed by atoms with Crippen molar-refractivity contribution in [3.05, 3.63) is 35.4 Å². The Hall–Kier alpha value is -1.84. The zero-order valence-corrected chi connectivity index (χ0v) is 12.3. The topological polar surface area (TPSA) is 57.6 Å². The molecule has 1 aromatic rings. The van der Waals surface area contributed by atoms with Crippen molar-refractivity contribution in [1.82, 2.24) is 4.90 Å². The summed E-state index contributed by atoms with van der Waals surface area (Å²) >= 11 is 0. The molecule has 0 radical (unpaired) electrons. The van der Waals surface area contributed by atoms with Crippen LogP contribution in [0.25, 0.3) is 0 Å². The van der Waals surface area contributed by atoms with Crippen molar-refractivity contribution in [3.63, 3.8) is 0 Å². The summed E-state index contributed by atoms with van der Waals surface area (Å²) in [6, 6.07) is 7.42. The number of unbranched alkanes of at least 4 members (excludes halogenated alkanes) is 2. The van der Waals surface area contributed by atoms with Gasteiger partial charge in [0.25, 0.3) is 5.91 Å². The molecule has 4 heteroatoms. The Kier molecular flexibility index (Phi) is 6.77. The van der Waals surface area contributed by atoms with Crippen LogP contribution in [0.4, 0.5) is 0 Å². The molecule has 0 aliphatic rings. The zero-order chi connectivity index (χ0) is 15.0. The predicted molar refractivity (Wildman–Crippen MR) is 78.9 cm³/mol. The number of amides is 1. The maximum Gasteiger partial charge on any atom is 0.305 e. The Labute approximate surface area is 120 Å². The fourth-order valence-corrected chi connectivity index (χ4v) is 2.08. The third kappa shape index (κ3) is 5.03. The highest BCUT2D eigenvalue weighted by atomic mass is 16.4. The molecule has 1 aromatic carbocycles. The van der Waals surface area contributed by atoms with Gasteiger partial charge in [-0.15, -0.1) is 0 Å². The smallest absolute Gasteiger partial charge is 0.305 e. The molecule has 0 unspecified atom stereocenters. The average Bonchev–Trinajstić information content (AvgIpc) is 2.42. The Morgan fingerprint density at radius 3 is 2.45 bits per heavy atom. The highest BCUT2D eigenvalue weighted by Gasteiger charge is 2.17. The first-order valence-corrected chi connectivity index (χ1v) is 7.13. The second-order valence-corrected chi connectivity index (χ2v) is 4.96. The zero-order valence-electron chi connectivity index (χ0n) is 12.3. The van der Waals surface area contributed by atoms with Crippen LogP contribution in [0.5, 0.6) is 0 Å². The molecule has 0 atom stereocenters. The monoisotopic (exact) mass is 277 g/mol. The Morgan fingerprint density at radius 1 is 1.15 bits per heavy atom. The van der Waals surface area contributed by atoms with E-state index in [-0.39, 0.29) is 18.9 Å². The van der Waals surface area contributed by atoms with Gasteiger partial charge in [0.05, 0.1) is 6.42 Å². The number of aryl methyl sites for hydroxylation is 1. The Morgan fingerprint density at radius 2 is 1.85 bits per heavy atom. The first kappa shape index (κ1) is 16.2. The van der Waals surface area contributed by atoms with E-state index in [1.807, 2.05) is 25.1 Å². The number of rotatable bonds is 8. The summed E-state index contributed by atoms with van der Waals surface area (Å²) in [6.07, 6.45) is 3.02. The highest BCUT2D eigenvalue weighted by molar-refractivity contribution is 5.95. The summed E-state index contributed by atoms with van der Waals surface area (Å²) in [7, 11) is 0. The highest BCUT2D eigenvalue weighted by Crippen LogP contribution is 2.12. The van der Waals surface area contributed by atoms with E-state index in [1.54, 1.807) is 11.0 Å². The second-order valence-electron chi connectivity index (χ2n) is 4.96. The maximum atomic E-state index is 12.5. The van der Waals surface area contributed by atoms with Crippen LogP contribution in [0.3, 0.4) is 0 Å². The number of nitrogens with zero attached hydrogens (tertiary/aromatic N) is 1. The van der Waals surface area contributed by atoms with Gasteiger partial charge in [0.1, 0.15) is 0 Å². The van der Waals surface area contributed by atoms with Gasteiger partial charge in [0, 0.05) is 18.7 Å². The number of hydrogen-bond donors (Lipinski definition) is 1. The molecular weight excluding hydrogens is 254 g/mol. The molecule has 0 saturated carbocycles. The molecule has 0 saturated heterocycles. The van der Waals surface area contributed by atoms with Gasteiger partial charge >= 0.3 is 5.97 Å². The van der Waals surface area contributed by atoms with Gasteiger partial charge in [0.2, 0.25) is 0 Å². The summed E-state index contributed by atoms with van der Waals surface area (Å²) in [4.78, 5) is 24.9. The van der Waals surface area contributed by atoms with Crippen LogP contribution >= 0.6 is 0 Å². The Balaban J connectivity index is 2.77. The van der Waals surface area contributed by atoms with Gasteiger partial charge in [0.15, 0.2) is 0 Å². The quantitative estimate of drug-likeness (QED) is 0.743. The first-order valence-electron chi connectivity index (χ1n) is 7.13. The predicted octanol–water partition coefficient (Wildman–Crippen LogP) is 3.10. The number of carbonyl (C=O) groups is 2. The molecule has 0 fully saturated rings. The number of aliphatic carboxylic acids is 1. The molecule has 110 valence electrons. The molecule has 0 aliphatic carbocycles. The van der Waals surface area contributed by atoms with Crippen LogP contribution in [-0.2, 0) is 4.79 Å². The minimum atomic E-state index is -0.872. The van der Waals surface area contributed by atoms with Gasteiger partial charge < -0.3 is 10.0 Å². The molecule has 0 bridgehead atoms. The number of hydrogen-bond acceptors (Lipinski definition) is 2. The molecule has 0 spiro atoms. The van der Waals surface area contributed by atoms with Crippen molar-refractivity contribution in [2.45, 2.75) is 39.5 Å². The van der Waals surface area contributed by atoms with Crippen LogP contribution in [0.1, 0.15) is 48.5 Å². The fraction of sp³-hybridized carbons (Fsp3) is 0.500. The summed E-state index contributed by atoms with van der Waals surface area (Å²) in [5.41, 5.74) is 1.59. The number of carboxylic acid groups (broad SMARTS) is 1. The van der Waals surface area contributed by atoms with Crippen LogP contribution in [0.15, 0.2) is 24.3 Å². The van der Waals surface area contributed by atoms with E-state index in [2.05, 4.69) is 6.92 Å².